The average molecular weight is 537 g/mol. The number of hydrogen-bond donors (Lipinski definition) is 1. The van der Waals surface area contributed by atoms with Crippen molar-refractivity contribution in [3.63, 3.8) is 0 Å². The lowest BCUT2D eigenvalue weighted by molar-refractivity contribution is 0.0927. The van der Waals surface area contributed by atoms with Gasteiger partial charge in [0.1, 0.15) is 11.6 Å². The lowest BCUT2D eigenvalue weighted by Gasteiger charge is -2.23. The minimum absolute atomic E-state index is 0.0435. The molecule has 1 amide bonds. The van der Waals surface area contributed by atoms with E-state index in [1.54, 1.807) is 18.4 Å². The summed E-state index contributed by atoms with van der Waals surface area (Å²) in [5.74, 6) is 1.34. The van der Waals surface area contributed by atoms with Crippen LogP contribution in [0.3, 0.4) is 0 Å². The zero-order valence-electron chi connectivity index (χ0n) is 21.2. The second kappa shape index (κ2) is 12.1. The van der Waals surface area contributed by atoms with Crippen molar-refractivity contribution < 1.29 is 14.3 Å². The second-order valence-corrected chi connectivity index (χ2v) is 11.3. The molecule has 37 heavy (non-hydrogen) atoms. The number of hydrogen-bond acceptors (Lipinski definition) is 5. The zero-order chi connectivity index (χ0) is 25.6. The van der Waals surface area contributed by atoms with Crippen LogP contribution in [0.1, 0.15) is 76.9 Å². The molecule has 1 saturated carbocycles. The third kappa shape index (κ3) is 6.36. The quantitative estimate of drug-likeness (QED) is 0.300. The summed E-state index contributed by atoms with van der Waals surface area (Å²) in [6.45, 7) is 0.418. The van der Waals surface area contributed by atoms with Gasteiger partial charge in [-0.3, -0.25) is 4.79 Å². The maximum absolute atomic E-state index is 13.4. The number of thiophene rings is 1. The number of aryl methyl sites for hydroxylation is 1. The molecule has 0 atom stereocenters. The largest absolute Gasteiger partial charge is 0.493 e. The molecule has 0 saturated heterocycles. The smallest absolute Gasteiger partial charge is 0.254 e. The Morgan fingerprint density at radius 2 is 1.84 bits per heavy atom. The summed E-state index contributed by atoms with van der Waals surface area (Å²) in [6.07, 6.45) is 11.9. The van der Waals surface area contributed by atoms with Crippen LogP contribution in [0.5, 0.6) is 11.5 Å². The van der Waals surface area contributed by atoms with Gasteiger partial charge in [-0.25, -0.2) is 4.99 Å². The van der Waals surface area contributed by atoms with E-state index in [0.29, 0.717) is 23.1 Å². The molecule has 2 aliphatic rings. The van der Waals surface area contributed by atoms with Crippen LogP contribution in [-0.2, 0) is 19.4 Å². The summed E-state index contributed by atoms with van der Waals surface area (Å²) in [6, 6.07) is 13.6. The molecule has 0 radical (unpaired) electrons. The molecule has 3 aromatic rings. The fraction of sp³-hybridized carbons (Fsp3) is 0.400. The highest BCUT2D eigenvalue weighted by Gasteiger charge is 2.27. The Hall–Kier alpha value is -2.83. The number of amides is 1. The fourth-order valence-electron chi connectivity index (χ4n) is 5.14. The van der Waals surface area contributed by atoms with Gasteiger partial charge in [-0.2, -0.15) is 0 Å². The highest BCUT2D eigenvalue weighted by Crippen LogP contribution is 2.40. The predicted octanol–water partition coefficient (Wildman–Crippen LogP) is 7.68. The van der Waals surface area contributed by atoms with E-state index in [1.807, 2.05) is 48.7 Å². The van der Waals surface area contributed by atoms with E-state index < -0.39 is 0 Å². The Labute approximate surface area is 227 Å². The number of aliphatic imine (C=N–C) groups is 1. The summed E-state index contributed by atoms with van der Waals surface area (Å²) in [4.78, 5) is 19.6. The van der Waals surface area contributed by atoms with Gasteiger partial charge in [0.2, 0.25) is 0 Å². The fourth-order valence-corrected chi connectivity index (χ4v) is 6.50. The number of nitrogens with one attached hydrogen (secondary N) is 1. The van der Waals surface area contributed by atoms with Crippen molar-refractivity contribution in [1.29, 1.82) is 0 Å². The van der Waals surface area contributed by atoms with Gasteiger partial charge in [0.05, 0.1) is 12.7 Å². The summed E-state index contributed by atoms with van der Waals surface area (Å²) in [5.41, 5.74) is 3.91. The molecule has 1 heterocycles. The molecule has 1 N–H and O–H groups in total. The van der Waals surface area contributed by atoms with Crippen LogP contribution >= 0.6 is 22.9 Å². The summed E-state index contributed by atoms with van der Waals surface area (Å²) in [5, 5.41) is 4.82. The van der Waals surface area contributed by atoms with Crippen molar-refractivity contribution >= 4 is 40.1 Å². The van der Waals surface area contributed by atoms with E-state index in [1.165, 1.54) is 36.1 Å². The molecule has 5 nitrogen and oxygen atoms in total. The van der Waals surface area contributed by atoms with E-state index in [9.17, 15) is 4.79 Å². The molecule has 5 rings (SSSR count). The molecule has 194 valence electrons. The maximum Gasteiger partial charge on any atom is 0.254 e. The first-order chi connectivity index (χ1) is 18.1. The van der Waals surface area contributed by atoms with Gasteiger partial charge in [-0.1, -0.05) is 43.0 Å². The Kier molecular flexibility index (Phi) is 8.47. The molecule has 7 heteroatoms. The van der Waals surface area contributed by atoms with E-state index in [2.05, 4.69) is 5.32 Å². The van der Waals surface area contributed by atoms with E-state index in [4.69, 9.17) is 26.1 Å². The van der Waals surface area contributed by atoms with Crippen molar-refractivity contribution in [2.45, 2.75) is 70.4 Å². The minimum atomic E-state index is 0.0435. The van der Waals surface area contributed by atoms with Crippen molar-refractivity contribution in [2.75, 3.05) is 7.11 Å². The lowest BCUT2D eigenvalue weighted by Crippen LogP contribution is -2.36. The second-order valence-electron chi connectivity index (χ2n) is 9.78. The molecule has 2 aromatic carbocycles. The van der Waals surface area contributed by atoms with Gasteiger partial charge in [-0.15, -0.1) is 11.3 Å². The van der Waals surface area contributed by atoms with Crippen molar-refractivity contribution in [3.05, 3.63) is 74.6 Å². The SMILES string of the molecule is COc1cc(/C=N\c2sc3c(c2C(=O)NC2CCCCC2)CCCC3)ccc1OCc1ccc(Cl)cc1. The Morgan fingerprint density at radius 3 is 2.62 bits per heavy atom. The zero-order valence-corrected chi connectivity index (χ0v) is 22.8. The first-order valence-electron chi connectivity index (χ1n) is 13.2. The van der Waals surface area contributed by atoms with E-state index in [-0.39, 0.29) is 11.9 Å². The van der Waals surface area contributed by atoms with Gasteiger partial charge in [0.15, 0.2) is 11.5 Å². The first-order valence-corrected chi connectivity index (χ1v) is 14.3. The number of rotatable bonds is 8. The molecule has 0 unspecified atom stereocenters. The molecule has 1 aromatic heterocycles. The minimum Gasteiger partial charge on any atom is -0.493 e. The molecular formula is C30H33ClN2O3S. The van der Waals surface area contributed by atoms with Crippen LogP contribution < -0.4 is 14.8 Å². The average Bonchev–Trinajstić information content (AvgIpc) is 3.31. The first kappa shape index (κ1) is 25.8. The maximum atomic E-state index is 13.4. The van der Waals surface area contributed by atoms with Crippen LogP contribution in [-0.4, -0.2) is 25.3 Å². The van der Waals surface area contributed by atoms with Crippen molar-refractivity contribution in [2.24, 2.45) is 4.99 Å². The van der Waals surface area contributed by atoms with Crippen LogP contribution in [0.15, 0.2) is 47.5 Å². The molecular weight excluding hydrogens is 504 g/mol. The number of benzene rings is 2. The van der Waals surface area contributed by atoms with E-state index >= 15 is 0 Å². The van der Waals surface area contributed by atoms with Gasteiger partial charge >= 0.3 is 0 Å². The summed E-state index contributed by atoms with van der Waals surface area (Å²) >= 11 is 7.64. The number of fused-ring (bicyclic) bond motifs is 1. The number of ether oxygens (including phenoxy) is 2. The highest BCUT2D eigenvalue weighted by molar-refractivity contribution is 7.16. The lowest BCUT2D eigenvalue weighted by atomic mass is 9.93. The number of carbonyl (C=O) groups is 1. The van der Waals surface area contributed by atoms with Gasteiger partial charge in [0.25, 0.3) is 5.91 Å². The monoisotopic (exact) mass is 536 g/mol. The van der Waals surface area contributed by atoms with Gasteiger partial charge in [0, 0.05) is 22.2 Å². The molecule has 0 aliphatic heterocycles. The highest BCUT2D eigenvalue weighted by atomic mass is 35.5. The van der Waals surface area contributed by atoms with Crippen LogP contribution in [0.2, 0.25) is 5.02 Å². The summed E-state index contributed by atoms with van der Waals surface area (Å²) < 4.78 is 11.6. The summed E-state index contributed by atoms with van der Waals surface area (Å²) in [7, 11) is 1.63. The third-order valence-electron chi connectivity index (χ3n) is 7.15. The van der Waals surface area contributed by atoms with Crippen LogP contribution in [0, 0.1) is 0 Å². The topological polar surface area (TPSA) is 59.9 Å². The van der Waals surface area contributed by atoms with Gasteiger partial charge in [-0.05, 0) is 85.5 Å². The van der Waals surface area contributed by atoms with E-state index in [0.717, 1.165) is 53.8 Å². The molecule has 0 bridgehead atoms. The van der Waals surface area contributed by atoms with Crippen LogP contribution in [0.4, 0.5) is 5.00 Å². The standard InChI is InChI=1S/C30H33ClN2O3S/c1-35-26-17-21(13-16-25(26)36-19-20-11-14-22(31)15-12-20)18-32-30-28(24-9-5-6-10-27(24)37-30)29(34)33-23-7-3-2-4-8-23/h11-18,23H,2-10,19H2,1H3,(H,33,34)/b32-18-. The normalized spacial score (nSPS) is 15.9. The Balaban J connectivity index is 1.34. The van der Waals surface area contributed by atoms with Crippen LogP contribution in [0.25, 0.3) is 0 Å². The molecule has 1 fully saturated rings. The van der Waals surface area contributed by atoms with Gasteiger partial charge < -0.3 is 14.8 Å². The molecule has 0 spiro atoms. The van der Waals surface area contributed by atoms with Crippen molar-refractivity contribution in [3.8, 4) is 11.5 Å². The third-order valence-corrected chi connectivity index (χ3v) is 8.60. The number of carbonyl (C=O) groups excluding carboxylic acids is 1. The number of halogens is 1. The Morgan fingerprint density at radius 1 is 1.05 bits per heavy atom. The predicted molar refractivity (Wildman–Crippen MR) is 151 cm³/mol. The number of nitrogens with zero attached hydrogens (tertiary/aromatic N) is 1. The van der Waals surface area contributed by atoms with Crippen molar-refractivity contribution in [1.82, 2.24) is 5.32 Å². The molecule has 2 aliphatic carbocycles. The number of methoxy groups -OCH3 is 1. The Bertz CT molecular complexity index is 1260.